The van der Waals surface area contributed by atoms with Crippen LogP contribution in [0.4, 0.5) is 4.39 Å². The maximum Gasteiger partial charge on any atom is 0.220 e. The van der Waals surface area contributed by atoms with Crippen molar-refractivity contribution in [3.8, 4) is 89.5 Å². The SMILES string of the molecule is [2H]c1c(C)[n+](C)c(-c2cc(-c3ccccc3)c(F)cc2C)c2ccc(C3CCCCC3)cc12.[2H]c1c(C)[n+](C)c(-c2cc(-c3ccccc3)cc(C)c2C)c2ccc(C3CCCCC3)cc12.[2H]c1c(C)[n+](C)c(-c2cc(-c3ccccc3)ccc2C)c2ccc(C3CCCCC3)cc12.[2H]c1c([2H])[n+](C)c(-c2cc(-c3ccccc3)cc(C(C)C)c2C)c2ccc(C3CCCCC3)cc12. The normalized spacial score (nSPS) is 15.3. The largest absolute Gasteiger partial charge is 0.220 e. The molecule has 4 fully saturated rings. The van der Waals surface area contributed by atoms with Gasteiger partial charge in [-0.05, 0) is 286 Å². The summed E-state index contributed by atoms with van der Waals surface area (Å²) in [5.74, 6) is 2.65. The molecular formula is C123H133FN4+4. The summed E-state index contributed by atoms with van der Waals surface area (Å²) >= 11 is 0. The van der Waals surface area contributed by atoms with Crippen molar-refractivity contribution in [3.63, 3.8) is 0 Å². The zero-order valence-corrected chi connectivity index (χ0v) is 78.4. The molecular weight excluding hydrogens is 1550 g/mol. The number of nitrogens with zero attached hydrogens (tertiary/aromatic N) is 4. The summed E-state index contributed by atoms with van der Waals surface area (Å²) in [6.07, 6.45) is 26.2. The van der Waals surface area contributed by atoms with Gasteiger partial charge in [0.1, 0.15) is 35.4 Å². The Hall–Kier alpha value is -11.8. The van der Waals surface area contributed by atoms with Crippen molar-refractivity contribution in [3.05, 3.63) is 358 Å². The molecule has 4 heterocycles. The van der Waals surface area contributed by atoms with Gasteiger partial charge >= 0.3 is 0 Å². The molecule has 5 heteroatoms. The second-order valence-electron chi connectivity index (χ2n) is 38.1. The fourth-order valence-corrected chi connectivity index (χ4v) is 21.5. The first-order valence-electron chi connectivity index (χ1n) is 50.4. The van der Waals surface area contributed by atoms with Crippen LogP contribution in [0.1, 0.15) is 251 Å². The molecule has 128 heavy (non-hydrogen) atoms. The van der Waals surface area contributed by atoms with Gasteiger partial charge in [-0.3, -0.25) is 0 Å². The molecule has 4 aliphatic rings. The van der Waals surface area contributed by atoms with Gasteiger partial charge in [0.2, 0.25) is 22.8 Å². The van der Waals surface area contributed by atoms with Crippen molar-refractivity contribution in [2.75, 3.05) is 0 Å². The number of fused-ring (bicyclic) bond motifs is 4. The van der Waals surface area contributed by atoms with Crippen LogP contribution in [0.2, 0.25) is 0 Å². The minimum absolute atomic E-state index is 0.206. The number of benzene rings is 12. The first-order chi connectivity index (χ1) is 64.3. The van der Waals surface area contributed by atoms with Crippen molar-refractivity contribution < 1.29 is 29.5 Å². The van der Waals surface area contributed by atoms with E-state index in [9.17, 15) is 0 Å². The van der Waals surface area contributed by atoms with E-state index in [1.165, 1.54) is 245 Å². The van der Waals surface area contributed by atoms with Crippen LogP contribution in [-0.2, 0) is 28.2 Å². The molecule has 0 spiro atoms. The van der Waals surface area contributed by atoms with Crippen LogP contribution in [0.15, 0.2) is 279 Å². The third kappa shape index (κ3) is 18.9. The summed E-state index contributed by atoms with van der Waals surface area (Å²) in [4.78, 5) is 0. The monoisotopic (exact) mass is 1690 g/mol. The molecule has 16 aromatic rings. The highest BCUT2D eigenvalue weighted by Crippen LogP contribution is 2.45. The van der Waals surface area contributed by atoms with Gasteiger partial charge in [-0.1, -0.05) is 285 Å². The van der Waals surface area contributed by atoms with E-state index in [-0.39, 0.29) is 12.0 Å². The summed E-state index contributed by atoms with van der Waals surface area (Å²) in [5, 5.41) is 8.55. The zero-order valence-electron chi connectivity index (χ0n) is 83.4. The van der Waals surface area contributed by atoms with Crippen molar-refractivity contribution in [2.45, 2.75) is 227 Å². The Balaban J connectivity index is 0.000000124. The molecule has 0 saturated heterocycles. The molecule has 4 aromatic heterocycles. The van der Waals surface area contributed by atoms with Crippen LogP contribution in [0, 0.1) is 61.2 Å². The first-order valence-corrected chi connectivity index (χ1v) is 47.9. The van der Waals surface area contributed by atoms with Gasteiger partial charge in [0.15, 0.2) is 23.3 Å². The van der Waals surface area contributed by atoms with Crippen LogP contribution in [0.3, 0.4) is 0 Å². The summed E-state index contributed by atoms with van der Waals surface area (Å²) in [5.41, 5.74) is 33.8. The predicted octanol–water partition coefficient (Wildman–Crippen LogP) is 31.9. The fraction of sp³-hybridized carbons (Fsp3) is 0.317. The topological polar surface area (TPSA) is 15.5 Å². The molecule has 20 rings (SSSR count). The van der Waals surface area contributed by atoms with E-state index in [1.54, 1.807) is 6.07 Å². The number of rotatable bonds is 13. The average Bonchev–Trinajstić information content (AvgIpc) is 0.635. The van der Waals surface area contributed by atoms with E-state index in [4.69, 9.17) is 6.85 Å². The molecule has 0 aliphatic heterocycles. The highest BCUT2D eigenvalue weighted by molar-refractivity contribution is 5.99. The van der Waals surface area contributed by atoms with Crippen molar-refractivity contribution in [1.82, 2.24) is 0 Å². The Bertz CT molecular complexity index is 7020. The van der Waals surface area contributed by atoms with Crippen LogP contribution in [0.5, 0.6) is 0 Å². The van der Waals surface area contributed by atoms with Gasteiger partial charge < -0.3 is 0 Å². The van der Waals surface area contributed by atoms with Gasteiger partial charge in [0.05, 0.1) is 49.3 Å². The Morgan fingerprint density at radius 2 is 0.633 bits per heavy atom. The van der Waals surface area contributed by atoms with Crippen LogP contribution in [0.25, 0.3) is 133 Å². The molecule has 0 N–H and O–H groups in total. The molecule has 0 atom stereocenters. The lowest BCUT2D eigenvalue weighted by atomic mass is 9.83. The lowest BCUT2D eigenvalue weighted by molar-refractivity contribution is -0.665. The van der Waals surface area contributed by atoms with E-state index in [2.05, 4.69) is 289 Å². The van der Waals surface area contributed by atoms with E-state index in [1.807, 2.05) is 68.9 Å². The molecule has 0 bridgehead atoms. The lowest BCUT2D eigenvalue weighted by Crippen LogP contribution is -2.35. The van der Waals surface area contributed by atoms with Gasteiger partial charge in [-0.25, -0.2) is 8.96 Å². The van der Waals surface area contributed by atoms with Crippen LogP contribution >= 0.6 is 0 Å². The first kappa shape index (κ1) is 81.9. The van der Waals surface area contributed by atoms with Gasteiger partial charge in [-0.2, -0.15) is 13.7 Å². The van der Waals surface area contributed by atoms with Gasteiger partial charge in [0, 0.05) is 50.5 Å². The summed E-state index contributed by atoms with van der Waals surface area (Å²) < 4.78 is 67.9. The minimum Gasteiger partial charge on any atom is -0.206 e. The highest BCUT2D eigenvalue weighted by atomic mass is 19.1. The molecule has 0 unspecified atom stereocenters. The Kier molecular flexibility index (Phi) is 25.2. The number of aromatic nitrogens is 4. The highest BCUT2D eigenvalue weighted by Gasteiger charge is 2.30. The smallest absolute Gasteiger partial charge is 0.206 e. The number of halogens is 1. The summed E-state index contributed by atoms with van der Waals surface area (Å²) in [6, 6.07) is 90.6. The third-order valence-corrected chi connectivity index (χ3v) is 29.4. The maximum absolute atomic E-state index is 15.0. The Morgan fingerprint density at radius 3 is 1.04 bits per heavy atom. The van der Waals surface area contributed by atoms with Crippen molar-refractivity contribution in [2.24, 2.45) is 28.2 Å². The second-order valence-corrected chi connectivity index (χ2v) is 38.1. The number of hydrogen-bond donors (Lipinski definition) is 0. The predicted molar refractivity (Wildman–Crippen MR) is 539 cm³/mol. The quantitative estimate of drug-likeness (QED) is 0.102. The molecule has 648 valence electrons. The molecule has 0 radical (unpaired) electrons. The molecule has 4 saturated carbocycles. The van der Waals surface area contributed by atoms with E-state index >= 15 is 4.39 Å². The van der Waals surface area contributed by atoms with Crippen LogP contribution in [-0.4, -0.2) is 0 Å². The fourth-order valence-electron chi connectivity index (χ4n) is 21.5. The zero-order chi connectivity index (χ0) is 93.2. The van der Waals surface area contributed by atoms with Crippen molar-refractivity contribution >= 4 is 43.1 Å². The molecule has 12 aromatic carbocycles. The standard InChI is InChI=1S/C32H36N.C31H34N.C30H31FN.C30H32N/c1-22(2)30-20-28(25-13-9-6-10-14-25)21-31(23(30)3)32-29-16-15-26(24-11-7-5-8-12-24)19-27(29)17-18-33(32)4;1-21-17-27(25-13-9-6-10-14-25)20-30(23(21)3)31-29-16-15-26(24-11-7-5-8-12-24)19-28(29)18-22(2)32(31)4;1-20-16-29(31)28(23-12-8-5-9-13-23)19-27(20)30-26-15-14-24(22-10-6-4-7-11-22)18-25(26)17-21(2)32(30)3;1-21-14-15-26(24-12-8-5-9-13-24)20-29(21)30-28-17-16-25(23-10-6-4-7-11-23)19-27(28)18-22(2)31(30)3/h6,9-10,13-22,24H,5,7-8,11-12H2,1-4H3;6,9-10,13-20,24H,5,7-8,11-12H2,1-4H3;5,8-9,12-19,22H,4,6-7,10-11H2,1-3H3;5,8-9,12-20,23H,4,6-7,10-11H2,1-3H3/q4*+1/i17D,18D;18D;17D;18D. The summed E-state index contributed by atoms with van der Waals surface area (Å²) in [6.45, 7) is 21.5. The van der Waals surface area contributed by atoms with Gasteiger partial charge in [0.25, 0.3) is 0 Å². The van der Waals surface area contributed by atoms with E-state index in [0.717, 1.165) is 83.0 Å². The maximum atomic E-state index is 15.0. The lowest BCUT2D eigenvalue weighted by Gasteiger charge is -2.22. The number of aryl methyl sites for hydroxylation is 3. The third-order valence-electron chi connectivity index (χ3n) is 29.4. The van der Waals surface area contributed by atoms with E-state index < -0.39 is 0 Å². The molecule has 4 aliphatic carbocycles. The van der Waals surface area contributed by atoms with E-state index in [0.29, 0.717) is 59.3 Å². The summed E-state index contributed by atoms with van der Waals surface area (Å²) in [7, 11) is 8.17. The number of pyridine rings is 4. The Morgan fingerprint density at radius 1 is 0.289 bits per heavy atom. The molecule has 0 amide bonds. The number of hydrogen-bond acceptors (Lipinski definition) is 0. The van der Waals surface area contributed by atoms with Crippen molar-refractivity contribution in [1.29, 1.82) is 0 Å². The molecule has 4 nitrogen and oxygen atoms in total. The Labute approximate surface area is 770 Å². The van der Waals surface area contributed by atoms with Gasteiger partial charge in [-0.15, -0.1) is 0 Å². The second kappa shape index (κ2) is 39.4. The minimum atomic E-state index is -0.206. The average molecular weight is 1690 g/mol. The van der Waals surface area contributed by atoms with Crippen LogP contribution < -0.4 is 18.3 Å².